The van der Waals surface area contributed by atoms with Crippen LogP contribution in [0.3, 0.4) is 0 Å². The number of carbonyl (C=O) groups is 3. The number of methoxy groups -OCH3 is 1. The molecule has 7 heteroatoms. The van der Waals surface area contributed by atoms with Crippen LogP contribution in [-0.4, -0.2) is 35.8 Å². The van der Waals surface area contributed by atoms with Crippen molar-refractivity contribution in [3.63, 3.8) is 0 Å². The molecule has 0 aliphatic carbocycles. The lowest BCUT2D eigenvalue weighted by Gasteiger charge is -2.28. The van der Waals surface area contributed by atoms with E-state index in [1.807, 2.05) is 56.3 Å². The number of nitrogens with zero attached hydrogens (tertiary/aromatic N) is 1. The molecule has 0 saturated carbocycles. The Kier molecular flexibility index (Phi) is 6.70. The maximum absolute atomic E-state index is 13.1. The van der Waals surface area contributed by atoms with E-state index in [0.717, 1.165) is 16.7 Å². The zero-order valence-corrected chi connectivity index (χ0v) is 19.9. The molecule has 1 aliphatic heterocycles. The molecule has 174 valence electrons. The van der Waals surface area contributed by atoms with Crippen LogP contribution in [0.2, 0.25) is 5.02 Å². The van der Waals surface area contributed by atoms with Crippen LogP contribution in [0.5, 0.6) is 0 Å². The van der Waals surface area contributed by atoms with Crippen molar-refractivity contribution in [1.82, 2.24) is 4.90 Å². The Morgan fingerprint density at radius 2 is 1.62 bits per heavy atom. The predicted molar refractivity (Wildman–Crippen MR) is 132 cm³/mol. The first-order valence-electron chi connectivity index (χ1n) is 11.0. The van der Waals surface area contributed by atoms with Gasteiger partial charge in [0.05, 0.1) is 7.11 Å². The number of halogens is 1. The third-order valence-corrected chi connectivity index (χ3v) is 6.19. The molecule has 0 aromatic heterocycles. The van der Waals surface area contributed by atoms with Gasteiger partial charge in [-0.25, -0.2) is 4.79 Å². The molecule has 1 atom stereocenters. The third kappa shape index (κ3) is 4.68. The number of carbonyl (C=O) groups excluding carboxylic acids is 3. The van der Waals surface area contributed by atoms with Gasteiger partial charge in [-0.1, -0.05) is 49.7 Å². The minimum Gasteiger partial charge on any atom is -0.467 e. The fraction of sp³-hybridized carbons (Fsp3) is 0.222. The monoisotopic (exact) mass is 476 g/mol. The molecule has 3 aromatic carbocycles. The Hall–Kier alpha value is -3.64. The number of hydrogen-bond acceptors (Lipinski definition) is 4. The second-order valence-corrected chi connectivity index (χ2v) is 8.99. The summed E-state index contributed by atoms with van der Waals surface area (Å²) < 4.78 is 4.93. The molecule has 0 spiro atoms. The number of fused-ring (bicyclic) bond motifs is 1. The molecular weight excluding hydrogens is 452 g/mol. The lowest BCUT2D eigenvalue weighted by molar-refractivity contribution is -0.147. The van der Waals surface area contributed by atoms with E-state index in [4.69, 9.17) is 16.3 Å². The van der Waals surface area contributed by atoms with Gasteiger partial charge in [0, 0.05) is 28.4 Å². The van der Waals surface area contributed by atoms with Gasteiger partial charge < -0.3 is 15.0 Å². The number of benzene rings is 3. The number of rotatable bonds is 6. The smallest absolute Gasteiger partial charge is 0.328 e. The first-order valence-corrected chi connectivity index (χ1v) is 11.4. The largest absolute Gasteiger partial charge is 0.467 e. The Bertz CT molecular complexity index is 1240. The third-order valence-electron chi connectivity index (χ3n) is 5.93. The number of amides is 2. The number of nitrogens with one attached hydrogen (secondary N) is 1. The highest BCUT2D eigenvalue weighted by molar-refractivity contribution is 6.30. The number of hydrogen-bond donors (Lipinski definition) is 1. The molecule has 0 fully saturated rings. The van der Waals surface area contributed by atoms with E-state index in [1.165, 1.54) is 7.11 Å². The van der Waals surface area contributed by atoms with Crippen LogP contribution in [0.4, 0.5) is 5.69 Å². The summed E-state index contributed by atoms with van der Waals surface area (Å²) in [6.07, 6.45) is 0. The van der Waals surface area contributed by atoms with Gasteiger partial charge in [0.15, 0.2) is 0 Å². The molecule has 3 aromatic rings. The maximum atomic E-state index is 13.1. The van der Waals surface area contributed by atoms with Crippen molar-refractivity contribution >= 4 is 35.1 Å². The molecular formula is C27H25ClN2O4. The van der Waals surface area contributed by atoms with Gasteiger partial charge in [-0.2, -0.15) is 0 Å². The van der Waals surface area contributed by atoms with Crippen LogP contribution in [0, 0.1) is 5.92 Å². The summed E-state index contributed by atoms with van der Waals surface area (Å²) in [5.74, 6) is -0.876. The Morgan fingerprint density at radius 1 is 0.971 bits per heavy atom. The quantitative estimate of drug-likeness (QED) is 0.482. The second kappa shape index (κ2) is 9.69. The lowest BCUT2D eigenvalue weighted by atomic mass is 10.00. The molecule has 2 amide bonds. The molecule has 34 heavy (non-hydrogen) atoms. The molecule has 0 bridgehead atoms. The Balaban J connectivity index is 1.51. The van der Waals surface area contributed by atoms with E-state index in [2.05, 4.69) is 5.32 Å². The predicted octanol–water partition coefficient (Wildman–Crippen LogP) is 5.41. The average Bonchev–Trinajstić information content (AvgIpc) is 3.15. The highest BCUT2D eigenvalue weighted by Crippen LogP contribution is 2.32. The van der Waals surface area contributed by atoms with Gasteiger partial charge in [-0.05, 0) is 65.1 Å². The second-order valence-electron chi connectivity index (χ2n) is 8.56. The zero-order valence-electron chi connectivity index (χ0n) is 19.2. The van der Waals surface area contributed by atoms with Crippen molar-refractivity contribution in [3.05, 3.63) is 88.4 Å². The highest BCUT2D eigenvalue weighted by Gasteiger charge is 2.38. The van der Waals surface area contributed by atoms with Crippen LogP contribution in [0.1, 0.15) is 40.1 Å². The topological polar surface area (TPSA) is 75.7 Å². The lowest BCUT2D eigenvalue weighted by Crippen LogP contribution is -2.45. The summed E-state index contributed by atoms with van der Waals surface area (Å²) in [6, 6.07) is 19.2. The van der Waals surface area contributed by atoms with Gasteiger partial charge in [0.1, 0.15) is 6.04 Å². The zero-order chi connectivity index (χ0) is 24.4. The molecule has 4 rings (SSSR count). The van der Waals surface area contributed by atoms with Crippen LogP contribution in [0.25, 0.3) is 11.1 Å². The van der Waals surface area contributed by atoms with E-state index in [-0.39, 0.29) is 17.7 Å². The van der Waals surface area contributed by atoms with Crippen LogP contribution in [-0.2, 0) is 16.1 Å². The van der Waals surface area contributed by atoms with Gasteiger partial charge >= 0.3 is 5.97 Å². The minimum absolute atomic E-state index is 0.0687. The highest BCUT2D eigenvalue weighted by atomic mass is 35.5. The van der Waals surface area contributed by atoms with Crippen LogP contribution in [0.15, 0.2) is 66.7 Å². The first-order chi connectivity index (χ1) is 16.3. The first kappa shape index (κ1) is 23.5. The van der Waals surface area contributed by atoms with Crippen LogP contribution >= 0.6 is 11.6 Å². The van der Waals surface area contributed by atoms with Crippen LogP contribution < -0.4 is 5.32 Å². The molecule has 1 N–H and O–H groups in total. The minimum atomic E-state index is -0.628. The summed E-state index contributed by atoms with van der Waals surface area (Å²) in [6.45, 7) is 4.18. The summed E-state index contributed by atoms with van der Waals surface area (Å²) in [7, 11) is 1.34. The summed E-state index contributed by atoms with van der Waals surface area (Å²) in [4.78, 5) is 39.4. The number of ether oxygens (including phenoxy) is 1. The number of esters is 1. The van der Waals surface area contributed by atoms with Gasteiger partial charge in [0.25, 0.3) is 11.8 Å². The van der Waals surface area contributed by atoms with Crippen molar-refractivity contribution in [1.29, 1.82) is 0 Å². The van der Waals surface area contributed by atoms with E-state index >= 15 is 0 Å². The van der Waals surface area contributed by atoms with E-state index in [9.17, 15) is 14.4 Å². The molecule has 6 nitrogen and oxygen atoms in total. The Labute approximate surface area is 203 Å². The van der Waals surface area contributed by atoms with Crippen molar-refractivity contribution in [2.24, 2.45) is 5.92 Å². The van der Waals surface area contributed by atoms with Crippen molar-refractivity contribution < 1.29 is 19.1 Å². The molecule has 1 heterocycles. The standard InChI is InChI=1S/C27H25ClN2O4/c1-16(2)24(27(33)34-3)30-15-20-5-4-19(14-23(20)26(30)32)17-8-12-22(13-9-17)29-25(31)18-6-10-21(28)11-7-18/h4-14,16,24H,15H2,1-3H3,(H,29,31). The van der Waals surface area contributed by atoms with Gasteiger partial charge in [0.2, 0.25) is 0 Å². The molecule has 0 saturated heterocycles. The van der Waals surface area contributed by atoms with E-state index in [0.29, 0.717) is 28.4 Å². The fourth-order valence-corrected chi connectivity index (χ4v) is 4.28. The molecule has 1 unspecified atom stereocenters. The van der Waals surface area contributed by atoms with E-state index in [1.54, 1.807) is 29.2 Å². The average molecular weight is 477 g/mol. The van der Waals surface area contributed by atoms with Gasteiger partial charge in [-0.3, -0.25) is 9.59 Å². The maximum Gasteiger partial charge on any atom is 0.328 e. The Morgan fingerprint density at radius 3 is 2.24 bits per heavy atom. The summed E-state index contributed by atoms with van der Waals surface area (Å²) in [5.41, 5.74) is 4.43. The number of anilines is 1. The van der Waals surface area contributed by atoms with Crippen molar-refractivity contribution in [3.8, 4) is 11.1 Å². The van der Waals surface area contributed by atoms with Crippen molar-refractivity contribution in [2.75, 3.05) is 12.4 Å². The van der Waals surface area contributed by atoms with Crippen molar-refractivity contribution in [2.45, 2.75) is 26.4 Å². The fourth-order valence-electron chi connectivity index (χ4n) is 4.16. The van der Waals surface area contributed by atoms with E-state index < -0.39 is 12.0 Å². The normalized spacial score (nSPS) is 13.6. The summed E-state index contributed by atoms with van der Waals surface area (Å²) >= 11 is 5.88. The SMILES string of the molecule is COC(=O)C(C(C)C)N1Cc2ccc(-c3ccc(NC(=O)c4ccc(Cl)cc4)cc3)cc2C1=O. The molecule has 1 aliphatic rings. The summed E-state index contributed by atoms with van der Waals surface area (Å²) in [5, 5.41) is 3.43. The molecule has 0 radical (unpaired) electrons. The van der Waals surface area contributed by atoms with Gasteiger partial charge in [-0.15, -0.1) is 0 Å².